The molecule has 0 saturated heterocycles. The van der Waals surface area contributed by atoms with Gasteiger partial charge in [-0.1, -0.05) is 77.9 Å². The van der Waals surface area contributed by atoms with E-state index in [9.17, 15) is 4.79 Å². The van der Waals surface area contributed by atoms with Crippen LogP contribution in [0.15, 0.2) is 78.4 Å². The molecule has 0 radical (unpaired) electrons. The molecule has 0 bridgehead atoms. The summed E-state index contributed by atoms with van der Waals surface area (Å²) >= 11 is 0. The van der Waals surface area contributed by atoms with Gasteiger partial charge in [0.25, 0.3) is 0 Å². The van der Waals surface area contributed by atoms with Crippen LogP contribution < -0.4 is 4.90 Å². The van der Waals surface area contributed by atoms with Crippen LogP contribution in [0.4, 0.5) is 17.1 Å². The van der Waals surface area contributed by atoms with E-state index in [2.05, 4.69) is 95.0 Å². The average Bonchev–Trinajstić information content (AvgIpc) is 2.78. The zero-order chi connectivity index (χ0) is 25.1. The molecule has 4 heteroatoms. The van der Waals surface area contributed by atoms with Crippen LogP contribution in [-0.2, 0) is 15.6 Å². The second-order valence-corrected chi connectivity index (χ2v) is 10.5. The molecule has 0 spiro atoms. The van der Waals surface area contributed by atoms with Crippen molar-refractivity contribution in [3.8, 4) is 6.07 Å². The predicted octanol–water partition coefficient (Wildman–Crippen LogP) is 7.74. The number of carboxylic acids is 1. The minimum absolute atomic E-state index is 0.0638. The second kappa shape index (κ2) is 9.57. The highest BCUT2D eigenvalue weighted by Crippen LogP contribution is 2.37. The van der Waals surface area contributed by atoms with E-state index in [0.717, 1.165) is 17.1 Å². The topological polar surface area (TPSA) is 64.3 Å². The van der Waals surface area contributed by atoms with Crippen LogP contribution in [0.5, 0.6) is 0 Å². The molecule has 1 N–H and O–H groups in total. The van der Waals surface area contributed by atoms with Gasteiger partial charge in [0.15, 0.2) is 0 Å². The monoisotopic (exact) mass is 452 g/mol. The summed E-state index contributed by atoms with van der Waals surface area (Å²) in [6.45, 7) is 13.2. The first-order valence-corrected chi connectivity index (χ1v) is 11.4. The fraction of sp³-hybridized carbons (Fsp3) is 0.267. The summed E-state index contributed by atoms with van der Waals surface area (Å²) < 4.78 is 0. The quantitative estimate of drug-likeness (QED) is 0.317. The lowest BCUT2D eigenvalue weighted by Gasteiger charge is -2.28. The van der Waals surface area contributed by atoms with Gasteiger partial charge < -0.3 is 10.0 Å². The Bertz CT molecular complexity index is 1160. The number of hydrogen-bond acceptors (Lipinski definition) is 3. The number of benzene rings is 3. The second-order valence-electron chi connectivity index (χ2n) is 10.5. The molecule has 0 amide bonds. The van der Waals surface area contributed by atoms with Crippen molar-refractivity contribution in [2.24, 2.45) is 0 Å². The van der Waals surface area contributed by atoms with Crippen molar-refractivity contribution in [3.05, 3.63) is 95.1 Å². The third-order valence-corrected chi connectivity index (χ3v) is 5.80. The summed E-state index contributed by atoms with van der Waals surface area (Å²) in [5.74, 6) is -1.23. The molecule has 4 nitrogen and oxygen atoms in total. The maximum Gasteiger partial charge on any atom is 0.346 e. The summed E-state index contributed by atoms with van der Waals surface area (Å²) in [6.07, 6.45) is 1.38. The third-order valence-electron chi connectivity index (χ3n) is 5.80. The lowest BCUT2D eigenvalue weighted by molar-refractivity contribution is -0.132. The van der Waals surface area contributed by atoms with E-state index in [1.54, 1.807) is 6.07 Å². The van der Waals surface area contributed by atoms with E-state index in [0.29, 0.717) is 5.56 Å². The lowest BCUT2D eigenvalue weighted by atomic mass is 9.86. The van der Waals surface area contributed by atoms with Crippen LogP contribution in [-0.4, -0.2) is 11.1 Å². The van der Waals surface area contributed by atoms with Gasteiger partial charge in [0, 0.05) is 17.1 Å². The summed E-state index contributed by atoms with van der Waals surface area (Å²) in [7, 11) is 0. The first-order chi connectivity index (χ1) is 15.9. The minimum Gasteiger partial charge on any atom is -0.477 e. The molecule has 34 heavy (non-hydrogen) atoms. The maximum atomic E-state index is 11.2. The first kappa shape index (κ1) is 24.8. The zero-order valence-corrected chi connectivity index (χ0v) is 20.8. The van der Waals surface area contributed by atoms with Crippen LogP contribution in [0.1, 0.15) is 58.2 Å². The van der Waals surface area contributed by atoms with Gasteiger partial charge in [-0.05, 0) is 70.0 Å². The van der Waals surface area contributed by atoms with E-state index >= 15 is 0 Å². The van der Waals surface area contributed by atoms with Gasteiger partial charge in [-0.15, -0.1) is 0 Å². The van der Waals surface area contributed by atoms with Crippen LogP contribution in [0.2, 0.25) is 0 Å². The van der Waals surface area contributed by atoms with Gasteiger partial charge in [-0.3, -0.25) is 0 Å². The molecular formula is C30H32N2O2. The maximum absolute atomic E-state index is 11.2. The number of aliphatic carboxylic acids is 1. The fourth-order valence-corrected chi connectivity index (χ4v) is 3.70. The Morgan fingerprint density at radius 1 is 0.735 bits per heavy atom. The SMILES string of the molecule is CC(C)(C)c1ccc(N(c2ccc(/C=C(\C#N)C(=O)O)cc2)c2ccc(C(C)(C)C)cc2)cc1. The van der Waals surface area contributed by atoms with Gasteiger partial charge in [0.1, 0.15) is 11.6 Å². The van der Waals surface area contributed by atoms with Crippen molar-refractivity contribution in [3.63, 3.8) is 0 Å². The number of nitriles is 1. The van der Waals surface area contributed by atoms with Gasteiger partial charge in [0.05, 0.1) is 0 Å². The van der Waals surface area contributed by atoms with E-state index in [4.69, 9.17) is 10.4 Å². The van der Waals surface area contributed by atoms with Crippen LogP contribution in [0, 0.1) is 11.3 Å². The molecule has 0 unspecified atom stereocenters. The molecular weight excluding hydrogens is 420 g/mol. The van der Waals surface area contributed by atoms with Gasteiger partial charge in [0.2, 0.25) is 0 Å². The Morgan fingerprint density at radius 2 is 1.09 bits per heavy atom. The molecule has 0 aliphatic rings. The highest BCUT2D eigenvalue weighted by Gasteiger charge is 2.18. The molecule has 3 aromatic carbocycles. The number of rotatable bonds is 5. The number of carboxylic acid groups (broad SMARTS) is 1. The molecule has 3 aromatic rings. The van der Waals surface area contributed by atoms with Crippen LogP contribution in [0.3, 0.4) is 0 Å². The van der Waals surface area contributed by atoms with E-state index in [1.165, 1.54) is 17.2 Å². The number of carbonyl (C=O) groups is 1. The minimum atomic E-state index is -1.23. The molecule has 174 valence electrons. The fourth-order valence-electron chi connectivity index (χ4n) is 3.70. The van der Waals surface area contributed by atoms with Crippen molar-refractivity contribution in [2.75, 3.05) is 4.90 Å². The summed E-state index contributed by atoms with van der Waals surface area (Å²) in [5.41, 5.74) is 6.02. The predicted molar refractivity (Wildman–Crippen MR) is 140 cm³/mol. The van der Waals surface area contributed by atoms with Crippen molar-refractivity contribution in [1.82, 2.24) is 0 Å². The smallest absolute Gasteiger partial charge is 0.346 e. The number of nitrogens with zero attached hydrogens (tertiary/aromatic N) is 2. The molecule has 0 fully saturated rings. The zero-order valence-electron chi connectivity index (χ0n) is 20.8. The van der Waals surface area contributed by atoms with E-state index in [1.807, 2.05) is 24.3 Å². The molecule has 3 rings (SSSR count). The summed E-state index contributed by atoms with van der Waals surface area (Å²) in [4.78, 5) is 13.4. The highest BCUT2D eigenvalue weighted by atomic mass is 16.4. The molecule has 0 aliphatic carbocycles. The van der Waals surface area contributed by atoms with E-state index < -0.39 is 5.97 Å². The van der Waals surface area contributed by atoms with Crippen LogP contribution >= 0.6 is 0 Å². The molecule has 0 aromatic heterocycles. The number of anilines is 3. The Labute approximate surface area is 202 Å². The average molecular weight is 453 g/mol. The largest absolute Gasteiger partial charge is 0.477 e. The Balaban J connectivity index is 2.07. The van der Waals surface area contributed by atoms with Crippen LogP contribution in [0.25, 0.3) is 6.08 Å². The van der Waals surface area contributed by atoms with Gasteiger partial charge >= 0.3 is 5.97 Å². The number of hydrogen-bond donors (Lipinski definition) is 1. The van der Waals surface area contributed by atoms with Crippen molar-refractivity contribution in [2.45, 2.75) is 52.4 Å². The third kappa shape index (κ3) is 5.74. The first-order valence-electron chi connectivity index (χ1n) is 11.4. The van der Waals surface area contributed by atoms with Crippen molar-refractivity contribution >= 4 is 29.1 Å². The van der Waals surface area contributed by atoms with E-state index in [-0.39, 0.29) is 16.4 Å². The van der Waals surface area contributed by atoms with Crippen molar-refractivity contribution in [1.29, 1.82) is 5.26 Å². The van der Waals surface area contributed by atoms with Crippen molar-refractivity contribution < 1.29 is 9.90 Å². The molecule has 0 saturated carbocycles. The summed E-state index contributed by atoms with van der Waals surface area (Å²) in [5, 5.41) is 18.2. The highest BCUT2D eigenvalue weighted by molar-refractivity contribution is 5.96. The van der Waals surface area contributed by atoms with Gasteiger partial charge in [-0.2, -0.15) is 5.26 Å². The normalized spacial score (nSPS) is 12.2. The molecule has 0 atom stereocenters. The Morgan fingerprint density at radius 3 is 1.38 bits per heavy atom. The molecule has 0 aliphatic heterocycles. The Kier molecular flexibility index (Phi) is 6.98. The van der Waals surface area contributed by atoms with Gasteiger partial charge in [-0.25, -0.2) is 4.79 Å². The standard InChI is InChI=1S/C30H32N2O2/c1-29(2,3)23-9-15-26(16-10-23)32(27-17-11-24(12-18-27)30(4,5)6)25-13-7-21(8-14-25)19-22(20-31)28(33)34/h7-19H,1-6H3,(H,33,34)/b22-19+. The molecule has 0 heterocycles. The lowest BCUT2D eigenvalue weighted by Crippen LogP contribution is -2.14. The Hall–Kier alpha value is -3.84. The summed E-state index contributed by atoms with van der Waals surface area (Å²) in [6, 6.07) is 26.4.